The summed E-state index contributed by atoms with van der Waals surface area (Å²) in [6, 6.07) is 11.8. The number of aromatic nitrogens is 2. The van der Waals surface area contributed by atoms with E-state index >= 15 is 0 Å². The summed E-state index contributed by atoms with van der Waals surface area (Å²) in [5.74, 6) is 1.79. The Labute approximate surface area is 132 Å². The topological polar surface area (TPSA) is 57.0 Å². The van der Waals surface area contributed by atoms with Gasteiger partial charge >= 0.3 is 0 Å². The van der Waals surface area contributed by atoms with Crippen LogP contribution in [0.2, 0.25) is 0 Å². The number of benzene rings is 1. The molecule has 21 heavy (non-hydrogen) atoms. The highest BCUT2D eigenvalue weighted by Gasteiger charge is 2.16. The van der Waals surface area contributed by atoms with E-state index in [-0.39, 0.29) is 6.04 Å². The highest BCUT2D eigenvalue weighted by atomic mass is 79.9. The summed E-state index contributed by atoms with van der Waals surface area (Å²) >= 11 is 3.31. The Kier molecular flexibility index (Phi) is 4.12. The molecule has 0 saturated carbocycles. The van der Waals surface area contributed by atoms with Crippen LogP contribution in [0.1, 0.15) is 31.0 Å². The summed E-state index contributed by atoms with van der Waals surface area (Å²) in [4.78, 5) is 4.73. The first-order valence-corrected chi connectivity index (χ1v) is 7.93. The third kappa shape index (κ3) is 2.89. The number of para-hydroxylation sites is 2. The summed E-state index contributed by atoms with van der Waals surface area (Å²) in [5.41, 5.74) is 8.45. The molecule has 0 spiro atoms. The molecule has 1 unspecified atom stereocenters. The first-order valence-electron chi connectivity index (χ1n) is 7.14. The van der Waals surface area contributed by atoms with E-state index in [4.69, 9.17) is 15.1 Å². The van der Waals surface area contributed by atoms with E-state index in [0.717, 1.165) is 30.1 Å². The minimum atomic E-state index is -0.191. The maximum Gasteiger partial charge on any atom is 0.169 e. The second-order valence-corrected chi connectivity index (χ2v) is 5.90. The molecule has 0 aliphatic carbocycles. The van der Waals surface area contributed by atoms with Crippen molar-refractivity contribution in [1.29, 1.82) is 0 Å². The van der Waals surface area contributed by atoms with Gasteiger partial charge in [-0.2, -0.15) is 0 Å². The molecule has 0 amide bonds. The molecule has 5 heteroatoms. The molecular weight excluding hydrogens is 330 g/mol. The van der Waals surface area contributed by atoms with Crippen LogP contribution in [0, 0.1) is 0 Å². The first-order chi connectivity index (χ1) is 10.2. The van der Waals surface area contributed by atoms with E-state index in [0.29, 0.717) is 11.1 Å². The number of nitrogens with zero attached hydrogens (tertiary/aromatic N) is 2. The van der Waals surface area contributed by atoms with Crippen LogP contribution in [-0.4, -0.2) is 9.55 Å². The molecule has 0 radical (unpaired) electrons. The molecule has 0 aliphatic rings. The van der Waals surface area contributed by atoms with Crippen molar-refractivity contribution in [3.05, 3.63) is 52.7 Å². The van der Waals surface area contributed by atoms with Crippen molar-refractivity contribution >= 4 is 27.0 Å². The molecular formula is C16H18BrN3O. The van der Waals surface area contributed by atoms with Gasteiger partial charge in [-0.25, -0.2) is 4.98 Å². The van der Waals surface area contributed by atoms with Crippen LogP contribution in [0.4, 0.5) is 0 Å². The lowest BCUT2D eigenvalue weighted by Gasteiger charge is -2.11. The quantitative estimate of drug-likeness (QED) is 0.757. The normalized spacial score (nSPS) is 12.9. The highest BCUT2D eigenvalue weighted by molar-refractivity contribution is 9.10. The van der Waals surface area contributed by atoms with Crippen molar-refractivity contribution in [2.75, 3.05) is 0 Å². The van der Waals surface area contributed by atoms with E-state index < -0.39 is 0 Å². The third-order valence-corrected chi connectivity index (χ3v) is 3.97. The Bertz CT molecular complexity index is 747. The number of imidazole rings is 1. The first kappa shape index (κ1) is 14.4. The van der Waals surface area contributed by atoms with Gasteiger partial charge in [0.25, 0.3) is 0 Å². The number of aryl methyl sites for hydroxylation is 1. The molecule has 0 fully saturated rings. The van der Waals surface area contributed by atoms with Gasteiger partial charge in [-0.1, -0.05) is 19.1 Å². The molecule has 4 nitrogen and oxygen atoms in total. The van der Waals surface area contributed by atoms with Gasteiger partial charge in [0.2, 0.25) is 0 Å². The highest BCUT2D eigenvalue weighted by Crippen LogP contribution is 2.24. The summed E-state index contributed by atoms with van der Waals surface area (Å²) in [7, 11) is 0. The van der Waals surface area contributed by atoms with Gasteiger partial charge in [0.1, 0.15) is 11.6 Å². The van der Waals surface area contributed by atoms with Crippen molar-refractivity contribution in [3.8, 4) is 0 Å². The summed E-state index contributed by atoms with van der Waals surface area (Å²) < 4.78 is 8.51. The van der Waals surface area contributed by atoms with E-state index in [9.17, 15) is 0 Å². The van der Waals surface area contributed by atoms with Gasteiger partial charge < -0.3 is 14.7 Å². The standard InChI is InChI=1S/C16H18BrN3O/c1-2-9-20-13-6-4-3-5-12(13)19-16(20)10-11(18)14-7-8-15(17)21-14/h3-8,11H,2,9-10,18H2,1H3. The second kappa shape index (κ2) is 6.03. The zero-order valence-corrected chi connectivity index (χ0v) is 13.5. The SMILES string of the molecule is CCCn1c(CC(N)c2ccc(Br)o2)nc2ccccc21. The Hall–Kier alpha value is -1.59. The predicted molar refractivity (Wildman–Crippen MR) is 87.1 cm³/mol. The number of hydrogen-bond donors (Lipinski definition) is 1. The Morgan fingerprint density at radius 2 is 2.10 bits per heavy atom. The fourth-order valence-electron chi connectivity index (χ4n) is 2.58. The van der Waals surface area contributed by atoms with Crippen LogP contribution in [0.5, 0.6) is 0 Å². The maximum absolute atomic E-state index is 6.26. The average molecular weight is 348 g/mol. The van der Waals surface area contributed by atoms with Crippen LogP contribution in [0.3, 0.4) is 0 Å². The van der Waals surface area contributed by atoms with Gasteiger partial charge in [0.05, 0.1) is 17.1 Å². The second-order valence-electron chi connectivity index (χ2n) is 5.12. The molecule has 3 aromatic rings. The van der Waals surface area contributed by atoms with Crippen LogP contribution < -0.4 is 5.73 Å². The molecule has 3 rings (SSSR count). The largest absolute Gasteiger partial charge is 0.453 e. The predicted octanol–water partition coefficient (Wildman–Crippen LogP) is 4.04. The minimum Gasteiger partial charge on any atom is -0.453 e. The number of fused-ring (bicyclic) bond motifs is 1. The van der Waals surface area contributed by atoms with Crippen molar-refractivity contribution in [2.24, 2.45) is 5.73 Å². The molecule has 1 aromatic carbocycles. The van der Waals surface area contributed by atoms with Gasteiger partial charge in [-0.15, -0.1) is 0 Å². The summed E-state index contributed by atoms with van der Waals surface area (Å²) in [6.07, 6.45) is 1.73. The van der Waals surface area contributed by atoms with Gasteiger partial charge in [0, 0.05) is 13.0 Å². The Morgan fingerprint density at radius 3 is 2.81 bits per heavy atom. The molecule has 0 aliphatic heterocycles. The monoisotopic (exact) mass is 347 g/mol. The van der Waals surface area contributed by atoms with Gasteiger partial charge in [-0.3, -0.25) is 0 Å². The van der Waals surface area contributed by atoms with Gasteiger partial charge in [-0.05, 0) is 46.6 Å². The molecule has 2 N–H and O–H groups in total. The smallest absolute Gasteiger partial charge is 0.169 e. The Morgan fingerprint density at radius 1 is 1.29 bits per heavy atom. The average Bonchev–Trinajstić information content (AvgIpc) is 3.04. The molecule has 0 saturated heterocycles. The van der Waals surface area contributed by atoms with Crippen molar-refractivity contribution in [1.82, 2.24) is 9.55 Å². The van der Waals surface area contributed by atoms with E-state index in [1.54, 1.807) is 0 Å². The number of hydrogen-bond acceptors (Lipinski definition) is 3. The lowest BCUT2D eigenvalue weighted by molar-refractivity contribution is 0.441. The molecule has 110 valence electrons. The fraction of sp³-hybridized carbons (Fsp3) is 0.312. The van der Waals surface area contributed by atoms with Crippen LogP contribution in [-0.2, 0) is 13.0 Å². The number of furan rings is 1. The van der Waals surface area contributed by atoms with Crippen molar-refractivity contribution < 1.29 is 4.42 Å². The van der Waals surface area contributed by atoms with Crippen LogP contribution in [0.25, 0.3) is 11.0 Å². The fourth-order valence-corrected chi connectivity index (χ4v) is 2.90. The zero-order valence-electron chi connectivity index (χ0n) is 11.9. The molecule has 1 atom stereocenters. The van der Waals surface area contributed by atoms with E-state index in [1.165, 1.54) is 5.52 Å². The summed E-state index contributed by atoms with van der Waals surface area (Å²) in [5, 5.41) is 0. The van der Waals surface area contributed by atoms with Crippen LogP contribution >= 0.6 is 15.9 Å². The Balaban J connectivity index is 1.94. The van der Waals surface area contributed by atoms with E-state index in [1.807, 2.05) is 30.3 Å². The lowest BCUT2D eigenvalue weighted by atomic mass is 10.1. The lowest BCUT2D eigenvalue weighted by Crippen LogP contribution is -2.16. The number of nitrogens with two attached hydrogens (primary N) is 1. The molecule has 2 aromatic heterocycles. The third-order valence-electron chi connectivity index (χ3n) is 3.54. The van der Waals surface area contributed by atoms with Crippen molar-refractivity contribution in [3.63, 3.8) is 0 Å². The maximum atomic E-state index is 6.26. The van der Waals surface area contributed by atoms with Gasteiger partial charge in [0.15, 0.2) is 4.67 Å². The van der Waals surface area contributed by atoms with Crippen LogP contribution in [0.15, 0.2) is 45.5 Å². The number of rotatable bonds is 5. The molecule has 2 heterocycles. The van der Waals surface area contributed by atoms with E-state index in [2.05, 4.69) is 33.5 Å². The molecule has 0 bridgehead atoms. The zero-order chi connectivity index (χ0) is 14.8. The summed E-state index contributed by atoms with van der Waals surface area (Å²) in [6.45, 7) is 3.12. The van der Waals surface area contributed by atoms with Crippen molar-refractivity contribution in [2.45, 2.75) is 32.4 Å². The minimum absolute atomic E-state index is 0.191. The number of halogens is 1.